The molecule has 1 heterocycles. The Bertz CT molecular complexity index is 408. The number of carbonyl (C=O) groups is 1. The largest absolute Gasteiger partial charge is 0.369 e. The van der Waals surface area contributed by atoms with Crippen LogP contribution < -0.4 is 11.1 Å². The molecule has 1 saturated heterocycles. The number of primary amides is 1. The molecule has 0 aromatic carbocycles. The van der Waals surface area contributed by atoms with E-state index >= 15 is 0 Å². The molecule has 0 aliphatic carbocycles. The Morgan fingerprint density at radius 2 is 2.00 bits per heavy atom. The van der Waals surface area contributed by atoms with Crippen LogP contribution >= 0.6 is 0 Å². The van der Waals surface area contributed by atoms with Crippen LogP contribution in [0.2, 0.25) is 0 Å². The lowest BCUT2D eigenvalue weighted by Gasteiger charge is -2.39. The molecule has 0 saturated carbocycles. The van der Waals surface area contributed by atoms with Gasteiger partial charge in [0, 0.05) is 17.8 Å². The lowest BCUT2D eigenvalue weighted by atomic mass is 9.77. The van der Waals surface area contributed by atoms with Crippen molar-refractivity contribution in [3.05, 3.63) is 0 Å². The zero-order valence-electron chi connectivity index (χ0n) is 12.1. The van der Waals surface area contributed by atoms with Gasteiger partial charge in [-0.1, -0.05) is 13.8 Å². The molecular weight excluding hydrogens is 264 g/mol. The summed E-state index contributed by atoms with van der Waals surface area (Å²) in [6.07, 6.45) is 2.19. The number of carbonyl (C=O) groups excluding carboxylic acids is 1. The lowest BCUT2D eigenvalue weighted by molar-refractivity contribution is -0.125. The summed E-state index contributed by atoms with van der Waals surface area (Å²) in [7, 11) is -2.93. The molecule has 19 heavy (non-hydrogen) atoms. The first-order valence-corrected chi connectivity index (χ1v) is 8.84. The first-order chi connectivity index (χ1) is 8.76. The van der Waals surface area contributed by atoms with Crippen molar-refractivity contribution in [3.8, 4) is 0 Å². The van der Waals surface area contributed by atoms with E-state index in [0.29, 0.717) is 18.9 Å². The van der Waals surface area contributed by atoms with Crippen LogP contribution in [0.5, 0.6) is 0 Å². The molecule has 0 bridgehead atoms. The first kappa shape index (κ1) is 16.4. The molecule has 4 atom stereocenters. The van der Waals surface area contributed by atoms with Crippen LogP contribution in [0.4, 0.5) is 0 Å². The van der Waals surface area contributed by atoms with Gasteiger partial charge in [-0.05, 0) is 32.1 Å². The van der Waals surface area contributed by atoms with Gasteiger partial charge in [0.1, 0.15) is 9.84 Å². The summed E-state index contributed by atoms with van der Waals surface area (Å²) in [5.74, 6) is 0.143. The number of hydrogen-bond donors (Lipinski definition) is 2. The van der Waals surface area contributed by atoms with Crippen LogP contribution in [0.25, 0.3) is 0 Å². The van der Waals surface area contributed by atoms with E-state index in [2.05, 4.69) is 12.2 Å². The van der Waals surface area contributed by atoms with Gasteiger partial charge in [0.2, 0.25) is 5.91 Å². The molecule has 1 rings (SSSR count). The van der Waals surface area contributed by atoms with E-state index in [1.807, 2.05) is 6.92 Å². The van der Waals surface area contributed by atoms with Crippen LogP contribution in [0.15, 0.2) is 0 Å². The second-order valence-electron chi connectivity index (χ2n) is 5.69. The first-order valence-electron chi connectivity index (χ1n) is 7.02. The molecule has 0 radical (unpaired) electrons. The number of hydrogen-bond acceptors (Lipinski definition) is 4. The number of nitrogens with two attached hydrogens (primary N) is 1. The summed E-state index contributed by atoms with van der Waals surface area (Å²) in [4.78, 5) is 11.6. The van der Waals surface area contributed by atoms with Gasteiger partial charge in [-0.2, -0.15) is 0 Å². The van der Waals surface area contributed by atoms with Crippen molar-refractivity contribution in [1.82, 2.24) is 5.32 Å². The molecule has 0 spiro atoms. The van der Waals surface area contributed by atoms with Crippen molar-refractivity contribution in [3.63, 3.8) is 0 Å². The number of amides is 1. The SMILES string of the molecule is CCS(=O)(=O)CCCC1NC(C)CC(C)C1C(N)=O. The van der Waals surface area contributed by atoms with Crippen molar-refractivity contribution in [2.75, 3.05) is 11.5 Å². The van der Waals surface area contributed by atoms with Crippen molar-refractivity contribution in [2.45, 2.75) is 52.1 Å². The smallest absolute Gasteiger partial charge is 0.222 e. The predicted molar refractivity (Wildman–Crippen MR) is 76.4 cm³/mol. The Labute approximate surface area is 116 Å². The van der Waals surface area contributed by atoms with Crippen LogP contribution in [0.1, 0.15) is 40.0 Å². The summed E-state index contributed by atoms with van der Waals surface area (Å²) >= 11 is 0. The molecule has 1 fully saturated rings. The highest BCUT2D eigenvalue weighted by Gasteiger charge is 2.36. The monoisotopic (exact) mass is 290 g/mol. The summed E-state index contributed by atoms with van der Waals surface area (Å²) in [6, 6.07) is 0.349. The van der Waals surface area contributed by atoms with E-state index in [1.165, 1.54) is 0 Å². The third-order valence-corrected chi connectivity index (χ3v) is 5.80. The lowest BCUT2D eigenvalue weighted by Crippen LogP contribution is -2.54. The summed E-state index contributed by atoms with van der Waals surface area (Å²) in [5, 5.41) is 3.39. The molecule has 0 aromatic rings. The van der Waals surface area contributed by atoms with Crippen molar-refractivity contribution in [1.29, 1.82) is 0 Å². The van der Waals surface area contributed by atoms with E-state index in [0.717, 1.165) is 6.42 Å². The van der Waals surface area contributed by atoms with E-state index in [9.17, 15) is 13.2 Å². The fraction of sp³-hybridized carbons (Fsp3) is 0.923. The predicted octanol–water partition coefficient (Wildman–Crippen LogP) is 0.689. The molecule has 3 N–H and O–H groups in total. The van der Waals surface area contributed by atoms with Crippen molar-refractivity contribution >= 4 is 15.7 Å². The van der Waals surface area contributed by atoms with Gasteiger partial charge in [-0.25, -0.2) is 8.42 Å². The second kappa shape index (κ2) is 6.70. The fourth-order valence-electron chi connectivity index (χ4n) is 3.05. The van der Waals surface area contributed by atoms with E-state index < -0.39 is 9.84 Å². The Balaban J connectivity index is 2.60. The molecular formula is C13H26N2O3S. The normalized spacial score (nSPS) is 32.2. The molecule has 4 unspecified atom stereocenters. The van der Waals surface area contributed by atoms with Crippen LogP contribution in [0.3, 0.4) is 0 Å². The summed E-state index contributed by atoms with van der Waals surface area (Å²) in [5.41, 5.74) is 5.48. The Hall–Kier alpha value is -0.620. The third kappa shape index (κ3) is 4.76. The summed E-state index contributed by atoms with van der Waals surface area (Å²) < 4.78 is 22.9. The molecule has 112 valence electrons. The zero-order valence-corrected chi connectivity index (χ0v) is 12.9. The number of rotatable bonds is 6. The van der Waals surface area contributed by atoms with Gasteiger partial charge in [-0.3, -0.25) is 4.79 Å². The van der Waals surface area contributed by atoms with Crippen molar-refractivity contribution in [2.24, 2.45) is 17.6 Å². The minimum absolute atomic E-state index is 0.00306. The van der Waals surface area contributed by atoms with Crippen LogP contribution in [-0.2, 0) is 14.6 Å². The topological polar surface area (TPSA) is 89.3 Å². The van der Waals surface area contributed by atoms with Gasteiger partial charge in [0.25, 0.3) is 0 Å². The maximum Gasteiger partial charge on any atom is 0.222 e. The Kier molecular flexibility index (Phi) is 5.80. The van der Waals surface area contributed by atoms with E-state index in [-0.39, 0.29) is 35.3 Å². The maximum atomic E-state index is 11.6. The van der Waals surface area contributed by atoms with Gasteiger partial charge >= 0.3 is 0 Å². The minimum atomic E-state index is -2.93. The van der Waals surface area contributed by atoms with Gasteiger partial charge < -0.3 is 11.1 Å². The third-order valence-electron chi connectivity index (χ3n) is 4.01. The van der Waals surface area contributed by atoms with Gasteiger partial charge in [-0.15, -0.1) is 0 Å². The number of sulfone groups is 1. The molecule has 6 heteroatoms. The minimum Gasteiger partial charge on any atom is -0.369 e. The Morgan fingerprint density at radius 3 is 2.53 bits per heavy atom. The highest BCUT2D eigenvalue weighted by atomic mass is 32.2. The average Bonchev–Trinajstić information content (AvgIpc) is 2.27. The number of nitrogens with one attached hydrogen (secondary N) is 1. The van der Waals surface area contributed by atoms with Gasteiger partial charge in [0.05, 0.1) is 11.7 Å². The molecule has 1 aliphatic rings. The van der Waals surface area contributed by atoms with Gasteiger partial charge in [0.15, 0.2) is 0 Å². The van der Waals surface area contributed by atoms with Crippen LogP contribution in [0, 0.1) is 11.8 Å². The van der Waals surface area contributed by atoms with E-state index in [4.69, 9.17) is 5.73 Å². The van der Waals surface area contributed by atoms with E-state index in [1.54, 1.807) is 6.92 Å². The average molecular weight is 290 g/mol. The molecule has 0 aromatic heterocycles. The fourth-order valence-corrected chi connectivity index (χ4v) is 3.94. The maximum absolute atomic E-state index is 11.6. The molecule has 5 nitrogen and oxygen atoms in total. The summed E-state index contributed by atoms with van der Waals surface area (Å²) in [6.45, 7) is 5.79. The Morgan fingerprint density at radius 1 is 1.37 bits per heavy atom. The molecule has 1 amide bonds. The number of piperidine rings is 1. The standard InChI is InChI=1S/C13H26N2O3S/c1-4-19(17,18)7-5-6-11-12(13(14)16)9(2)8-10(3)15-11/h9-12,15H,4-8H2,1-3H3,(H2,14,16). The highest BCUT2D eigenvalue weighted by Crippen LogP contribution is 2.28. The zero-order chi connectivity index (χ0) is 14.6. The van der Waals surface area contributed by atoms with Crippen molar-refractivity contribution < 1.29 is 13.2 Å². The second-order valence-corrected chi connectivity index (χ2v) is 8.17. The highest BCUT2D eigenvalue weighted by molar-refractivity contribution is 7.91. The van der Waals surface area contributed by atoms with Crippen LogP contribution in [-0.4, -0.2) is 37.9 Å². The molecule has 1 aliphatic heterocycles. The quantitative estimate of drug-likeness (QED) is 0.753.